The Morgan fingerprint density at radius 2 is 1.70 bits per heavy atom. The molecule has 2 saturated heterocycles. The van der Waals surface area contributed by atoms with E-state index in [1.807, 2.05) is 49.1 Å². The van der Waals surface area contributed by atoms with Crippen molar-refractivity contribution in [2.75, 3.05) is 45.8 Å². The van der Waals surface area contributed by atoms with E-state index in [1.165, 1.54) is 0 Å². The van der Waals surface area contributed by atoms with Crippen LogP contribution in [0, 0.1) is 0 Å². The molecule has 0 bridgehead atoms. The smallest absolute Gasteiger partial charge is 0.277 e. The number of nitrogens with zero attached hydrogens (tertiary/aromatic N) is 2. The second-order valence-corrected chi connectivity index (χ2v) is 9.59. The number of hydrogen-bond donors (Lipinski definition) is 1. The average molecular weight is 397 g/mol. The van der Waals surface area contributed by atoms with Crippen LogP contribution in [0.4, 0.5) is 0 Å². The molecule has 0 aliphatic carbocycles. The maximum absolute atomic E-state index is 12.6. The van der Waals surface area contributed by atoms with Crippen molar-refractivity contribution in [1.29, 1.82) is 0 Å². The number of carbonyl (C=O) groups excluding carboxylic acids is 1. The van der Waals surface area contributed by atoms with E-state index in [4.69, 9.17) is 4.74 Å². The van der Waals surface area contributed by atoms with Crippen LogP contribution in [0.5, 0.6) is 0 Å². The number of sulfonamides is 1. The van der Waals surface area contributed by atoms with Crippen molar-refractivity contribution in [1.82, 2.24) is 9.21 Å². The largest absolute Gasteiger partial charge is 0.372 e. The van der Waals surface area contributed by atoms with Gasteiger partial charge < -0.3 is 14.5 Å². The highest BCUT2D eigenvalue weighted by Crippen LogP contribution is 2.12. The Morgan fingerprint density at radius 1 is 1.11 bits per heavy atom. The predicted molar refractivity (Wildman–Crippen MR) is 103 cm³/mol. The molecule has 1 aromatic carbocycles. The molecule has 2 aliphatic heterocycles. The van der Waals surface area contributed by atoms with Crippen molar-refractivity contribution >= 4 is 15.9 Å². The Morgan fingerprint density at radius 3 is 2.30 bits per heavy atom. The van der Waals surface area contributed by atoms with Crippen LogP contribution in [0.15, 0.2) is 30.3 Å². The highest BCUT2D eigenvalue weighted by atomic mass is 32.2. The first-order valence-electron chi connectivity index (χ1n) is 9.62. The number of piperazine rings is 1. The molecule has 1 N–H and O–H groups in total. The first kappa shape index (κ1) is 20.3. The van der Waals surface area contributed by atoms with Crippen molar-refractivity contribution in [2.24, 2.45) is 0 Å². The number of carbonyl (C=O) groups is 1. The van der Waals surface area contributed by atoms with Gasteiger partial charge in [0, 0.05) is 13.1 Å². The summed E-state index contributed by atoms with van der Waals surface area (Å²) in [4.78, 5) is 15.6. The summed E-state index contributed by atoms with van der Waals surface area (Å²) in [5.74, 6) is 0.165. The van der Waals surface area contributed by atoms with Gasteiger partial charge in [0.25, 0.3) is 5.91 Å². The van der Waals surface area contributed by atoms with Gasteiger partial charge in [-0.1, -0.05) is 30.3 Å². The zero-order valence-corrected chi connectivity index (χ0v) is 17.0. The Hall–Kier alpha value is -1.48. The number of benzene rings is 1. The zero-order valence-electron chi connectivity index (χ0n) is 16.1. The lowest BCUT2D eigenvalue weighted by molar-refractivity contribution is -0.896. The fourth-order valence-corrected chi connectivity index (χ4v) is 5.38. The number of ether oxygens (including phenoxy) is 1. The molecule has 0 unspecified atom stereocenters. The van der Waals surface area contributed by atoms with Crippen molar-refractivity contribution in [3.63, 3.8) is 0 Å². The van der Waals surface area contributed by atoms with Crippen LogP contribution in [0.1, 0.15) is 19.4 Å². The van der Waals surface area contributed by atoms with E-state index in [-0.39, 0.29) is 23.9 Å². The van der Waals surface area contributed by atoms with Gasteiger partial charge in [-0.05, 0) is 19.4 Å². The Kier molecular flexibility index (Phi) is 6.52. The second-order valence-electron chi connectivity index (χ2n) is 7.62. The highest BCUT2D eigenvalue weighted by Gasteiger charge is 2.32. The fraction of sp³-hybridized carbons (Fsp3) is 0.632. The summed E-state index contributed by atoms with van der Waals surface area (Å²) in [6.45, 7) is 7.91. The molecule has 2 aliphatic rings. The number of amides is 1. The lowest BCUT2D eigenvalue weighted by atomic mass is 10.2. The van der Waals surface area contributed by atoms with E-state index in [2.05, 4.69) is 0 Å². The molecule has 2 atom stereocenters. The van der Waals surface area contributed by atoms with Gasteiger partial charge in [-0.3, -0.25) is 4.79 Å². The summed E-state index contributed by atoms with van der Waals surface area (Å²) in [7, 11) is -3.32. The molecule has 1 aromatic rings. The minimum Gasteiger partial charge on any atom is -0.372 e. The van der Waals surface area contributed by atoms with Gasteiger partial charge >= 0.3 is 0 Å². The highest BCUT2D eigenvalue weighted by molar-refractivity contribution is 7.88. The van der Waals surface area contributed by atoms with E-state index >= 15 is 0 Å². The van der Waals surface area contributed by atoms with Gasteiger partial charge in [0.2, 0.25) is 10.0 Å². The zero-order chi connectivity index (χ0) is 19.4. The summed E-state index contributed by atoms with van der Waals surface area (Å²) >= 11 is 0. The third kappa shape index (κ3) is 5.51. The summed E-state index contributed by atoms with van der Waals surface area (Å²) in [5.41, 5.74) is 0.804. The number of hydrogen-bond acceptors (Lipinski definition) is 4. The monoisotopic (exact) mass is 396 g/mol. The van der Waals surface area contributed by atoms with Crippen LogP contribution >= 0.6 is 0 Å². The molecular formula is C19H30N3O4S+. The molecule has 2 fully saturated rings. The topological polar surface area (TPSA) is 71.4 Å². The Bertz CT molecular complexity index is 723. The van der Waals surface area contributed by atoms with Gasteiger partial charge in [-0.25, -0.2) is 8.42 Å². The third-order valence-corrected chi connectivity index (χ3v) is 7.04. The minimum atomic E-state index is -3.32. The third-order valence-electron chi connectivity index (χ3n) is 5.19. The minimum absolute atomic E-state index is 0.0334. The van der Waals surface area contributed by atoms with E-state index in [1.54, 1.807) is 4.31 Å². The summed E-state index contributed by atoms with van der Waals surface area (Å²) < 4.78 is 32.5. The SMILES string of the molecule is C[C@@H]1CN(C(=O)C[NH+]2CCN(S(=O)(=O)Cc3ccccc3)CC2)C[C@@H](C)O1. The summed E-state index contributed by atoms with van der Waals surface area (Å²) in [6, 6.07) is 9.26. The Balaban J connectivity index is 1.49. The standard InChI is InChI=1S/C19H29N3O4S/c1-16-12-21(13-17(2)26-16)19(23)14-20-8-10-22(11-9-20)27(24,25)15-18-6-4-3-5-7-18/h3-7,16-17H,8-15H2,1-2H3/p+1/t16-,17-/m1/s1. The predicted octanol–water partition coefficient (Wildman–Crippen LogP) is -0.647. The Labute approximate surface area is 161 Å². The molecule has 27 heavy (non-hydrogen) atoms. The van der Waals surface area contributed by atoms with Crippen LogP contribution in [-0.4, -0.2) is 81.6 Å². The molecule has 0 spiro atoms. The molecule has 7 nitrogen and oxygen atoms in total. The number of rotatable bonds is 5. The fourth-order valence-electron chi connectivity index (χ4n) is 3.84. The molecular weight excluding hydrogens is 366 g/mol. The summed E-state index contributed by atoms with van der Waals surface area (Å²) in [5, 5.41) is 0. The average Bonchev–Trinajstić information content (AvgIpc) is 2.62. The van der Waals surface area contributed by atoms with Gasteiger partial charge in [-0.2, -0.15) is 4.31 Å². The lowest BCUT2D eigenvalue weighted by Gasteiger charge is -2.37. The number of morpholine rings is 1. The van der Waals surface area contributed by atoms with Crippen LogP contribution in [-0.2, 0) is 25.3 Å². The van der Waals surface area contributed by atoms with E-state index in [0.717, 1.165) is 10.5 Å². The van der Waals surface area contributed by atoms with Gasteiger partial charge in [0.05, 0.1) is 44.1 Å². The van der Waals surface area contributed by atoms with Crippen molar-refractivity contribution in [3.8, 4) is 0 Å². The molecule has 1 amide bonds. The van der Waals surface area contributed by atoms with Crippen LogP contribution in [0.3, 0.4) is 0 Å². The number of nitrogens with one attached hydrogen (secondary N) is 1. The van der Waals surface area contributed by atoms with Crippen LogP contribution in [0.25, 0.3) is 0 Å². The van der Waals surface area contributed by atoms with Crippen LogP contribution in [0.2, 0.25) is 0 Å². The first-order chi connectivity index (χ1) is 12.8. The van der Waals surface area contributed by atoms with Crippen molar-refractivity contribution in [2.45, 2.75) is 31.8 Å². The molecule has 2 heterocycles. The lowest BCUT2D eigenvalue weighted by Crippen LogP contribution is -3.15. The molecule has 150 valence electrons. The van der Waals surface area contributed by atoms with Gasteiger partial charge in [0.1, 0.15) is 0 Å². The van der Waals surface area contributed by atoms with E-state index in [0.29, 0.717) is 45.8 Å². The van der Waals surface area contributed by atoms with Crippen molar-refractivity contribution in [3.05, 3.63) is 35.9 Å². The summed E-state index contributed by atoms with van der Waals surface area (Å²) in [6.07, 6.45) is 0.125. The maximum atomic E-state index is 12.6. The van der Waals surface area contributed by atoms with Crippen molar-refractivity contribution < 1.29 is 22.8 Å². The van der Waals surface area contributed by atoms with Gasteiger partial charge in [0.15, 0.2) is 6.54 Å². The molecule has 8 heteroatoms. The maximum Gasteiger partial charge on any atom is 0.277 e. The van der Waals surface area contributed by atoms with E-state index < -0.39 is 10.0 Å². The molecule has 0 aromatic heterocycles. The molecule has 0 saturated carbocycles. The van der Waals surface area contributed by atoms with Gasteiger partial charge in [-0.15, -0.1) is 0 Å². The molecule has 3 rings (SSSR count). The molecule has 0 radical (unpaired) electrons. The quantitative estimate of drug-likeness (QED) is 0.718. The second kappa shape index (κ2) is 8.68. The number of quaternary nitrogens is 1. The first-order valence-corrected chi connectivity index (χ1v) is 11.2. The normalized spacial score (nSPS) is 25.5. The van der Waals surface area contributed by atoms with E-state index in [9.17, 15) is 13.2 Å². The van der Waals surface area contributed by atoms with Crippen LogP contribution < -0.4 is 4.90 Å².